The SMILES string of the molecule is Fc1cc(F)cc(-c2ncnc3[nH]c(-c4ccc(CCN5CCC6(CC5)CNC6)cc4)cc23)c1. The molecule has 7 heteroatoms. The third-order valence-corrected chi connectivity index (χ3v) is 7.46. The summed E-state index contributed by atoms with van der Waals surface area (Å²) in [4.78, 5) is 14.5. The van der Waals surface area contributed by atoms with Gasteiger partial charge in [-0.2, -0.15) is 0 Å². The Balaban J connectivity index is 1.17. The molecule has 2 aromatic carbocycles. The van der Waals surface area contributed by atoms with Gasteiger partial charge in [-0.1, -0.05) is 24.3 Å². The van der Waals surface area contributed by atoms with E-state index in [-0.39, 0.29) is 0 Å². The lowest BCUT2D eigenvalue weighted by molar-refractivity contribution is 0.0560. The van der Waals surface area contributed by atoms with Crippen molar-refractivity contribution in [3.63, 3.8) is 0 Å². The number of aromatic amines is 1. The van der Waals surface area contributed by atoms with Crippen LogP contribution in [0.5, 0.6) is 0 Å². The van der Waals surface area contributed by atoms with Gasteiger partial charge in [0.05, 0.1) is 5.69 Å². The van der Waals surface area contributed by atoms with E-state index in [1.807, 2.05) is 6.07 Å². The number of nitrogens with one attached hydrogen (secondary N) is 2. The molecule has 4 heterocycles. The summed E-state index contributed by atoms with van der Waals surface area (Å²) in [5, 5.41) is 4.16. The minimum Gasteiger partial charge on any atom is -0.339 e. The predicted molar refractivity (Wildman–Crippen MR) is 129 cm³/mol. The van der Waals surface area contributed by atoms with Crippen LogP contribution < -0.4 is 5.32 Å². The molecule has 2 fully saturated rings. The maximum atomic E-state index is 13.8. The second kappa shape index (κ2) is 8.56. The maximum Gasteiger partial charge on any atom is 0.141 e. The highest BCUT2D eigenvalue weighted by atomic mass is 19.1. The van der Waals surface area contributed by atoms with E-state index >= 15 is 0 Å². The van der Waals surface area contributed by atoms with Gasteiger partial charge in [-0.05, 0) is 67.1 Å². The third-order valence-electron chi connectivity index (χ3n) is 7.46. The van der Waals surface area contributed by atoms with Crippen molar-refractivity contribution < 1.29 is 8.78 Å². The van der Waals surface area contributed by atoms with E-state index < -0.39 is 11.6 Å². The van der Waals surface area contributed by atoms with E-state index in [9.17, 15) is 8.78 Å². The Kier molecular flexibility index (Phi) is 5.38. The summed E-state index contributed by atoms with van der Waals surface area (Å²) in [5.41, 5.74) is 5.38. The molecule has 34 heavy (non-hydrogen) atoms. The van der Waals surface area contributed by atoms with Crippen molar-refractivity contribution in [3.8, 4) is 22.5 Å². The van der Waals surface area contributed by atoms with Crippen molar-refractivity contribution in [2.45, 2.75) is 19.3 Å². The van der Waals surface area contributed by atoms with Crippen LogP contribution in [0.2, 0.25) is 0 Å². The summed E-state index contributed by atoms with van der Waals surface area (Å²) in [6.45, 7) is 5.89. The molecule has 0 aliphatic carbocycles. The highest BCUT2D eigenvalue weighted by Gasteiger charge is 2.39. The first-order chi connectivity index (χ1) is 16.6. The maximum absolute atomic E-state index is 13.8. The van der Waals surface area contributed by atoms with Crippen molar-refractivity contribution in [2.24, 2.45) is 5.41 Å². The lowest BCUT2D eigenvalue weighted by Gasteiger charge is -2.48. The molecule has 2 aliphatic heterocycles. The van der Waals surface area contributed by atoms with E-state index in [1.54, 1.807) is 0 Å². The van der Waals surface area contributed by atoms with Gasteiger partial charge in [-0.25, -0.2) is 18.7 Å². The van der Waals surface area contributed by atoms with E-state index in [2.05, 4.69) is 49.4 Å². The van der Waals surface area contributed by atoms with E-state index in [1.165, 1.54) is 63.0 Å². The van der Waals surface area contributed by atoms with Crippen LogP contribution in [0.15, 0.2) is 54.9 Å². The van der Waals surface area contributed by atoms with Gasteiger partial charge >= 0.3 is 0 Å². The number of piperidine rings is 1. The van der Waals surface area contributed by atoms with E-state index in [0.29, 0.717) is 22.3 Å². The largest absolute Gasteiger partial charge is 0.339 e. The average molecular weight is 460 g/mol. The van der Waals surface area contributed by atoms with Crippen molar-refractivity contribution in [1.29, 1.82) is 0 Å². The molecule has 0 bridgehead atoms. The van der Waals surface area contributed by atoms with Crippen LogP contribution in [0.1, 0.15) is 18.4 Å². The molecule has 5 nitrogen and oxygen atoms in total. The summed E-state index contributed by atoms with van der Waals surface area (Å²) in [5.74, 6) is -1.26. The molecular weight excluding hydrogens is 432 g/mol. The third kappa shape index (κ3) is 4.10. The fourth-order valence-corrected chi connectivity index (χ4v) is 5.24. The zero-order valence-electron chi connectivity index (χ0n) is 19.0. The minimum absolute atomic E-state index is 0.392. The second-order valence-electron chi connectivity index (χ2n) is 9.72. The zero-order chi connectivity index (χ0) is 23.1. The molecule has 0 saturated carbocycles. The Bertz CT molecular complexity index is 1300. The fourth-order valence-electron chi connectivity index (χ4n) is 5.24. The standard InChI is InChI=1S/C27H27F2N5/c28-21-11-20(12-22(29)13-21)25-23-14-24(33-26(23)32-17-31-25)19-3-1-18(2-4-19)5-8-34-9-6-27(7-10-34)15-30-16-27/h1-4,11-14,17,30H,5-10,15-16H2,(H,31,32,33). The summed E-state index contributed by atoms with van der Waals surface area (Å²) in [7, 11) is 0. The Morgan fingerprint density at radius 3 is 2.29 bits per heavy atom. The highest BCUT2D eigenvalue weighted by molar-refractivity contribution is 5.94. The minimum atomic E-state index is -0.628. The van der Waals surface area contributed by atoms with Crippen molar-refractivity contribution in [3.05, 3.63) is 72.1 Å². The number of nitrogens with zero attached hydrogens (tertiary/aromatic N) is 3. The fraction of sp³-hybridized carbons (Fsp3) is 0.333. The number of aromatic nitrogens is 3. The zero-order valence-corrected chi connectivity index (χ0v) is 19.0. The van der Waals surface area contributed by atoms with Gasteiger partial charge in [-0.15, -0.1) is 0 Å². The molecule has 0 unspecified atom stereocenters. The molecule has 4 aromatic rings. The molecule has 2 aliphatic rings. The monoisotopic (exact) mass is 459 g/mol. The van der Waals surface area contributed by atoms with Crippen molar-refractivity contribution >= 4 is 11.0 Å². The number of hydrogen-bond acceptors (Lipinski definition) is 4. The molecule has 1 spiro atoms. The number of halogens is 2. The Morgan fingerprint density at radius 2 is 1.62 bits per heavy atom. The van der Waals surface area contributed by atoms with Gasteiger partial charge in [-0.3, -0.25) is 0 Å². The topological polar surface area (TPSA) is 56.8 Å². The molecule has 0 amide bonds. The average Bonchev–Trinajstić information content (AvgIpc) is 3.26. The highest BCUT2D eigenvalue weighted by Crippen LogP contribution is 2.35. The van der Waals surface area contributed by atoms with Crippen LogP contribution in [0, 0.1) is 17.0 Å². The van der Waals surface area contributed by atoms with Gasteiger partial charge in [0, 0.05) is 42.3 Å². The van der Waals surface area contributed by atoms with Crippen LogP contribution in [-0.4, -0.2) is 52.6 Å². The Labute approximate surface area is 197 Å². The summed E-state index contributed by atoms with van der Waals surface area (Å²) < 4.78 is 27.5. The predicted octanol–water partition coefficient (Wildman–Crippen LogP) is 4.80. The number of benzene rings is 2. The van der Waals surface area contributed by atoms with Crippen molar-refractivity contribution in [1.82, 2.24) is 25.2 Å². The smallest absolute Gasteiger partial charge is 0.141 e. The summed E-state index contributed by atoms with van der Waals surface area (Å²) in [6.07, 6.45) is 5.08. The number of likely N-dealkylation sites (tertiary alicyclic amines) is 1. The van der Waals surface area contributed by atoms with Gasteiger partial charge in [0.1, 0.15) is 23.6 Å². The van der Waals surface area contributed by atoms with Gasteiger partial charge in [0.25, 0.3) is 0 Å². The quantitative estimate of drug-likeness (QED) is 0.450. The van der Waals surface area contributed by atoms with Gasteiger partial charge < -0.3 is 15.2 Å². The molecule has 2 aromatic heterocycles. The van der Waals surface area contributed by atoms with Crippen LogP contribution in [-0.2, 0) is 6.42 Å². The van der Waals surface area contributed by atoms with Crippen LogP contribution in [0.3, 0.4) is 0 Å². The lowest BCUT2D eigenvalue weighted by Crippen LogP contribution is -2.58. The Hall–Kier alpha value is -3.16. The van der Waals surface area contributed by atoms with E-state index in [4.69, 9.17) is 0 Å². The number of H-pyrrole nitrogens is 1. The molecule has 0 radical (unpaired) electrons. The summed E-state index contributed by atoms with van der Waals surface area (Å²) in [6, 6.07) is 14.0. The molecule has 2 N–H and O–H groups in total. The molecule has 6 rings (SSSR count). The molecular formula is C27H27F2N5. The van der Waals surface area contributed by atoms with Crippen LogP contribution in [0.4, 0.5) is 8.78 Å². The molecule has 0 atom stereocenters. The van der Waals surface area contributed by atoms with Crippen LogP contribution in [0.25, 0.3) is 33.5 Å². The van der Waals surface area contributed by atoms with E-state index in [0.717, 1.165) is 35.7 Å². The van der Waals surface area contributed by atoms with Gasteiger partial charge in [0.2, 0.25) is 0 Å². The van der Waals surface area contributed by atoms with Crippen molar-refractivity contribution in [2.75, 3.05) is 32.7 Å². The number of hydrogen-bond donors (Lipinski definition) is 2. The number of fused-ring (bicyclic) bond motifs is 1. The molecule has 174 valence electrons. The first-order valence-corrected chi connectivity index (χ1v) is 11.9. The molecule has 2 saturated heterocycles. The summed E-state index contributed by atoms with van der Waals surface area (Å²) >= 11 is 0. The normalized spacial score (nSPS) is 17.8. The lowest BCUT2D eigenvalue weighted by atomic mass is 9.73. The number of rotatable bonds is 5. The Morgan fingerprint density at radius 1 is 0.882 bits per heavy atom. The first-order valence-electron chi connectivity index (χ1n) is 11.9. The van der Waals surface area contributed by atoms with Crippen LogP contribution >= 0.6 is 0 Å². The van der Waals surface area contributed by atoms with Gasteiger partial charge in [0.15, 0.2) is 0 Å². The second-order valence-corrected chi connectivity index (χ2v) is 9.72. The first kappa shape index (κ1) is 21.4.